The van der Waals surface area contributed by atoms with Crippen LogP contribution in [0.2, 0.25) is 0 Å². The summed E-state index contributed by atoms with van der Waals surface area (Å²) in [6.45, 7) is 7.40. The van der Waals surface area contributed by atoms with Gasteiger partial charge >= 0.3 is 0 Å². The number of likely N-dealkylation sites (tertiary alicyclic amines) is 1. The molecule has 100 valence electrons. The Labute approximate surface area is 104 Å². The second-order valence-corrected chi connectivity index (χ2v) is 6.04. The predicted molar refractivity (Wildman–Crippen MR) is 68.1 cm³/mol. The summed E-state index contributed by atoms with van der Waals surface area (Å²) in [6, 6.07) is 0. The molecule has 2 rings (SSSR count). The number of rotatable bonds is 4. The summed E-state index contributed by atoms with van der Waals surface area (Å²) in [6.07, 6.45) is 3.71. The first-order valence-electron chi connectivity index (χ1n) is 6.71. The zero-order valence-electron chi connectivity index (χ0n) is 11.2. The normalized spacial score (nSPS) is 28.4. The average Bonchev–Trinajstić information content (AvgIpc) is 2.72. The van der Waals surface area contributed by atoms with Gasteiger partial charge in [-0.2, -0.15) is 0 Å². The van der Waals surface area contributed by atoms with Crippen molar-refractivity contribution in [3.63, 3.8) is 0 Å². The van der Waals surface area contributed by atoms with E-state index in [-0.39, 0.29) is 12.1 Å². The van der Waals surface area contributed by atoms with Gasteiger partial charge in [-0.25, -0.2) is 0 Å². The van der Waals surface area contributed by atoms with Crippen LogP contribution in [0, 0.1) is 5.41 Å². The van der Waals surface area contributed by atoms with Crippen LogP contribution in [0.5, 0.6) is 0 Å². The Morgan fingerprint density at radius 3 is 2.65 bits per heavy atom. The Bertz CT molecular complexity index is 248. The number of hydrogen-bond acceptors (Lipinski definition) is 4. The molecule has 2 heterocycles. The molecule has 0 bridgehead atoms. The zero-order chi connectivity index (χ0) is 12.4. The summed E-state index contributed by atoms with van der Waals surface area (Å²) in [5.74, 6) is 0. The van der Waals surface area contributed by atoms with Crippen molar-refractivity contribution in [2.45, 2.75) is 31.7 Å². The largest absolute Gasteiger partial charge is 0.394 e. The molecular weight excluding hydrogens is 216 g/mol. The van der Waals surface area contributed by atoms with Crippen molar-refractivity contribution in [2.24, 2.45) is 5.41 Å². The van der Waals surface area contributed by atoms with Crippen molar-refractivity contribution < 1.29 is 9.84 Å². The van der Waals surface area contributed by atoms with Crippen LogP contribution in [0.25, 0.3) is 0 Å². The summed E-state index contributed by atoms with van der Waals surface area (Å²) in [4.78, 5) is 2.50. The lowest BCUT2D eigenvalue weighted by Gasteiger charge is -2.35. The summed E-state index contributed by atoms with van der Waals surface area (Å²) in [5.41, 5.74) is 0.332. The molecule has 2 N–H and O–H groups in total. The maximum Gasteiger partial charge on any atom is 0.0623 e. The maximum atomic E-state index is 9.44. The minimum atomic E-state index is -0.170. The van der Waals surface area contributed by atoms with Gasteiger partial charge < -0.3 is 20.1 Å². The third kappa shape index (κ3) is 2.99. The Kier molecular flexibility index (Phi) is 4.08. The van der Waals surface area contributed by atoms with Gasteiger partial charge in [-0.3, -0.25) is 0 Å². The highest BCUT2D eigenvalue weighted by Crippen LogP contribution is 2.39. The van der Waals surface area contributed by atoms with Crippen LogP contribution in [0.1, 0.15) is 26.2 Å². The fourth-order valence-electron chi connectivity index (χ4n) is 3.08. The van der Waals surface area contributed by atoms with Gasteiger partial charge in [0.2, 0.25) is 0 Å². The fourth-order valence-corrected chi connectivity index (χ4v) is 3.08. The highest BCUT2D eigenvalue weighted by molar-refractivity contribution is 4.95. The minimum Gasteiger partial charge on any atom is -0.394 e. The van der Waals surface area contributed by atoms with E-state index in [1.54, 1.807) is 0 Å². The molecule has 4 nitrogen and oxygen atoms in total. The molecule has 2 fully saturated rings. The summed E-state index contributed by atoms with van der Waals surface area (Å²) < 4.78 is 5.46. The van der Waals surface area contributed by atoms with Gasteiger partial charge in [0.25, 0.3) is 0 Å². The van der Waals surface area contributed by atoms with Crippen molar-refractivity contribution in [2.75, 3.05) is 46.5 Å². The summed E-state index contributed by atoms with van der Waals surface area (Å²) in [5, 5.41) is 12.7. The van der Waals surface area contributed by atoms with E-state index in [0.29, 0.717) is 5.41 Å². The van der Waals surface area contributed by atoms with Crippen LogP contribution in [-0.2, 0) is 4.74 Å². The zero-order valence-corrected chi connectivity index (χ0v) is 11.2. The van der Waals surface area contributed by atoms with E-state index in [1.807, 2.05) is 7.05 Å². The molecule has 0 radical (unpaired) electrons. The van der Waals surface area contributed by atoms with Crippen LogP contribution in [0.3, 0.4) is 0 Å². The third-order valence-corrected chi connectivity index (χ3v) is 4.60. The molecule has 1 spiro atoms. The molecule has 4 heteroatoms. The molecule has 0 aromatic carbocycles. The first-order chi connectivity index (χ1) is 8.11. The van der Waals surface area contributed by atoms with Crippen LogP contribution in [0.4, 0.5) is 0 Å². The lowest BCUT2D eigenvalue weighted by Crippen LogP contribution is -2.52. The SMILES string of the molecule is CNC(C)(CO)CN1CCC2(CCOCC2)C1. The lowest BCUT2D eigenvalue weighted by molar-refractivity contribution is 0.0173. The smallest absolute Gasteiger partial charge is 0.0623 e. The molecule has 0 amide bonds. The second-order valence-electron chi connectivity index (χ2n) is 6.04. The number of aliphatic hydroxyl groups excluding tert-OH is 1. The maximum absolute atomic E-state index is 9.44. The van der Waals surface area contributed by atoms with Gasteiger partial charge in [0, 0.05) is 26.3 Å². The van der Waals surface area contributed by atoms with E-state index in [4.69, 9.17) is 4.74 Å². The molecule has 2 saturated heterocycles. The molecule has 0 aromatic heterocycles. The highest BCUT2D eigenvalue weighted by Gasteiger charge is 2.40. The second kappa shape index (κ2) is 5.22. The molecular formula is C13H26N2O2. The van der Waals surface area contributed by atoms with E-state index in [0.717, 1.165) is 26.3 Å². The number of hydrogen-bond donors (Lipinski definition) is 2. The Morgan fingerprint density at radius 2 is 2.06 bits per heavy atom. The first-order valence-corrected chi connectivity index (χ1v) is 6.71. The van der Waals surface area contributed by atoms with E-state index >= 15 is 0 Å². The number of aliphatic hydroxyl groups is 1. The molecule has 0 aromatic rings. The van der Waals surface area contributed by atoms with E-state index in [2.05, 4.69) is 17.1 Å². The number of ether oxygens (including phenoxy) is 1. The van der Waals surface area contributed by atoms with E-state index in [1.165, 1.54) is 25.8 Å². The lowest BCUT2D eigenvalue weighted by atomic mass is 9.80. The van der Waals surface area contributed by atoms with Crippen molar-refractivity contribution in [1.29, 1.82) is 0 Å². The molecule has 1 atom stereocenters. The molecule has 1 unspecified atom stereocenters. The van der Waals surface area contributed by atoms with Crippen molar-refractivity contribution in [3.8, 4) is 0 Å². The van der Waals surface area contributed by atoms with Gasteiger partial charge in [0.15, 0.2) is 0 Å². The van der Waals surface area contributed by atoms with Gasteiger partial charge in [-0.1, -0.05) is 0 Å². The summed E-state index contributed by atoms with van der Waals surface area (Å²) in [7, 11) is 1.93. The van der Waals surface area contributed by atoms with E-state index < -0.39 is 0 Å². The quantitative estimate of drug-likeness (QED) is 0.752. The number of likely N-dealkylation sites (N-methyl/N-ethyl adjacent to an activating group) is 1. The topological polar surface area (TPSA) is 44.7 Å². The van der Waals surface area contributed by atoms with Crippen molar-refractivity contribution in [3.05, 3.63) is 0 Å². The van der Waals surface area contributed by atoms with Crippen LogP contribution < -0.4 is 5.32 Å². The van der Waals surface area contributed by atoms with Gasteiger partial charge in [-0.15, -0.1) is 0 Å². The first kappa shape index (κ1) is 13.3. The molecule has 2 aliphatic heterocycles. The van der Waals surface area contributed by atoms with Crippen molar-refractivity contribution in [1.82, 2.24) is 10.2 Å². The predicted octanol–water partition coefficient (Wildman–Crippen LogP) is 0.459. The number of nitrogens with zero attached hydrogens (tertiary/aromatic N) is 1. The van der Waals surface area contributed by atoms with Crippen LogP contribution in [-0.4, -0.2) is 62.0 Å². The summed E-state index contributed by atoms with van der Waals surface area (Å²) >= 11 is 0. The van der Waals surface area contributed by atoms with E-state index in [9.17, 15) is 5.11 Å². The van der Waals surface area contributed by atoms with Crippen molar-refractivity contribution >= 4 is 0 Å². The monoisotopic (exact) mass is 242 g/mol. The Hall–Kier alpha value is -0.160. The Balaban J connectivity index is 1.89. The van der Waals surface area contributed by atoms with Gasteiger partial charge in [-0.05, 0) is 45.2 Å². The molecule has 17 heavy (non-hydrogen) atoms. The van der Waals surface area contributed by atoms with Crippen LogP contribution in [0.15, 0.2) is 0 Å². The average molecular weight is 242 g/mol. The fraction of sp³-hybridized carbons (Fsp3) is 1.00. The van der Waals surface area contributed by atoms with Crippen LogP contribution >= 0.6 is 0 Å². The minimum absolute atomic E-state index is 0.170. The third-order valence-electron chi connectivity index (χ3n) is 4.60. The molecule has 0 saturated carbocycles. The van der Waals surface area contributed by atoms with Gasteiger partial charge in [0.05, 0.1) is 12.1 Å². The van der Waals surface area contributed by atoms with Gasteiger partial charge in [0.1, 0.15) is 0 Å². The number of nitrogens with one attached hydrogen (secondary N) is 1. The highest BCUT2D eigenvalue weighted by atomic mass is 16.5. The molecule has 0 aliphatic carbocycles. The standard InChI is InChI=1S/C13H26N2O2/c1-12(11-16,14-2)9-15-6-3-13(10-15)4-7-17-8-5-13/h14,16H,3-11H2,1-2H3. The Morgan fingerprint density at radius 1 is 1.35 bits per heavy atom. The molecule has 2 aliphatic rings.